The third-order valence-electron chi connectivity index (χ3n) is 9.70. The summed E-state index contributed by atoms with van der Waals surface area (Å²) in [6, 6.07) is 9.03. The molecular weight excluding hydrogens is 530 g/mol. The summed E-state index contributed by atoms with van der Waals surface area (Å²) in [5, 5.41) is 4.58. The second kappa shape index (κ2) is 12.0. The number of fused-ring (bicyclic) bond motifs is 1. The summed E-state index contributed by atoms with van der Waals surface area (Å²) in [6.07, 6.45) is 9.26. The van der Waals surface area contributed by atoms with E-state index in [-0.39, 0.29) is 23.5 Å². The fourth-order valence-corrected chi connectivity index (χ4v) is 6.86. The molecule has 2 aliphatic heterocycles. The molecule has 10 heteroatoms. The molecule has 222 valence electrons. The first-order valence-corrected chi connectivity index (χ1v) is 15.1. The van der Waals surface area contributed by atoms with Crippen LogP contribution >= 0.6 is 0 Å². The molecule has 3 fully saturated rings. The molecule has 3 aromatic rings. The molecular formula is C32H42N7O3+. The summed E-state index contributed by atoms with van der Waals surface area (Å²) in [7, 11) is 3.57. The zero-order valence-electron chi connectivity index (χ0n) is 25.0. The van der Waals surface area contributed by atoms with Crippen LogP contribution in [0.25, 0.3) is 21.6 Å². The van der Waals surface area contributed by atoms with Gasteiger partial charge >= 0.3 is 0 Å². The summed E-state index contributed by atoms with van der Waals surface area (Å²) in [6.45, 7) is 13.3. The lowest BCUT2D eigenvalue weighted by atomic mass is 9.79. The summed E-state index contributed by atoms with van der Waals surface area (Å²) >= 11 is 0. The molecule has 1 saturated carbocycles. The quantitative estimate of drug-likeness (QED) is 0.407. The number of likely N-dealkylation sites (tertiary alicyclic amines) is 1. The Bertz CT molecular complexity index is 1430. The molecule has 1 atom stereocenters. The zero-order valence-corrected chi connectivity index (χ0v) is 25.0. The zero-order chi connectivity index (χ0) is 29.3. The molecule has 0 spiro atoms. The predicted molar refractivity (Wildman–Crippen MR) is 163 cm³/mol. The monoisotopic (exact) mass is 572 g/mol. The first kappa shape index (κ1) is 28.6. The normalized spacial score (nSPS) is 23.4. The third-order valence-corrected chi connectivity index (χ3v) is 9.70. The van der Waals surface area contributed by atoms with Gasteiger partial charge in [-0.3, -0.25) is 14.7 Å². The van der Waals surface area contributed by atoms with Gasteiger partial charge in [0.2, 0.25) is 5.91 Å². The van der Waals surface area contributed by atoms with Gasteiger partial charge in [-0.25, -0.2) is 4.52 Å². The number of aromatic nitrogens is 3. The number of anilines is 1. The highest BCUT2D eigenvalue weighted by molar-refractivity contribution is 5.81. The van der Waals surface area contributed by atoms with Crippen LogP contribution in [-0.2, 0) is 19.9 Å². The van der Waals surface area contributed by atoms with E-state index in [1.165, 1.54) is 0 Å². The van der Waals surface area contributed by atoms with Crippen LogP contribution in [0.4, 0.5) is 5.69 Å². The van der Waals surface area contributed by atoms with E-state index in [0.717, 1.165) is 99.6 Å². The number of piperidine rings is 1. The smallest absolute Gasteiger partial charge is 0.273 e. The van der Waals surface area contributed by atoms with Crippen molar-refractivity contribution in [1.29, 1.82) is 0 Å². The van der Waals surface area contributed by atoms with Crippen LogP contribution in [0.1, 0.15) is 38.2 Å². The molecule has 10 nitrogen and oxygen atoms in total. The number of hydrogen-bond donors (Lipinski definition) is 0. The summed E-state index contributed by atoms with van der Waals surface area (Å²) in [5.74, 6) is 0.320. The molecule has 0 radical (unpaired) electrons. The number of rotatable bonds is 8. The molecule has 2 saturated heterocycles. The Morgan fingerprint density at radius 2 is 1.88 bits per heavy atom. The first-order valence-electron chi connectivity index (χ1n) is 15.1. The molecule has 6 rings (SSSR count). The molecule has 0 aromatic carbocycles. The van der Waals surface area contributed by atoms with Gasteiger partial charge < -0.3 is 19.3 Å². The Labute approximate surface area is 248 Å². The number of piperazine rings is 1. The Balaban J connectivity index is 1.13. The van der Waals surface area contributed by atoms with Crippen LogP contribution in [0.15, 0.2) is 42.9 Å². The molecule has 0 unspecified atom stereocenters. The van der Waals surface area contributed by atoms with E-state index in [2.05, 4.69) is 50.9 Å². The van der Waals surface area contributed by atoms with Gasteiger partial charge in [-0.2, -0.15) is 5.10 Å². The van der Waals surface area contributed by atoms with Gasteiger partial charge in [0.05, 0.1) is 35.0 Å². The number of carbonyl (C=O) groups is 1. The molecule has 0 bridgehead atoms. The number of methoxy groups -OCH3 is 2. The Hall–Kier alpha value is -3.52. The average molecular weight is 573 g/mol. The minimum atomic E-state index is -0.321. The maximum Gasteiger partial charge on any atom is 0.273 e. The predicted octanol–water partition coefficient (Wildman–Crippen LogP) is 3.76. The standard InChI is InChI=1S/C32H42N7O3/c1-23(22-41-3)36-11-8-32(42-4,9-12-36)26-5-6-28(34-20-26)25-19-30-29(7-10-35-39(30)21-25)37-13-15-38(16-14-37)31(40)24-17-27(18-24)33-2/h2,5-7,10,19-21,23-24,27H,8-9,11-18,22H2,1,3-4H3/q+1/t23-,24-,27-/m1/s1. The highest BCUT2D eigenvalue weighted by atomic mass is 16.5. The van der Waals surface area contributed by atoms with Crippen LogP contribution in [-0.4, -0.2) is 102 Å². The molecule has 42 heavy (non-hydrogen) atoms. The largest absolute Gasteiger partial charge is 0.383 e. The minimum Gasteiger partial charge on any atom is -0.383 e. The second-order valence-corrected chi connectivity index (χ2v) is 12.0. The van der Waals surface area contributed by atoms with Crippen LogP contribution in [0.3, 0.4) is 0 Å². The number of carbonyl (C=O) groups excluding carboxylic acids is 1. The van der Waals surface area contributed by atoms with Crippen LogP contribution < -0.4 is 4.90 Å². The molecule has 1 aliphatic carbocycles. The fourth-order valence-electron chi connectivity index (χ4n) is 6.86. The summed E-state index contributed by atoms with van der Waals surface area (Å²) in [4.78, 5) is 28.4. The SMILES string of the molecule is C#[N+][C@H]1C[C@H](C(=O)N2CCN(c3ccnn4cc(-c5ccc(C6(OC)CCN([C@H](C)COC)CC6)cn5)cc34)CC2)C1. The number of nitrogens with zero attached hydrogens (tertiary/aromatic N) is 7. The number of hydrogen-bond acceptors (Lipinski definition) is 7. The summed E-state index contributed by atoms with van der Waals surface area (Å²) in [5.41, 5.74) is 4.89. The van der Waals surface area contributed by atoms with E-state index >= 15 is 0 Å². The minimum absolute atomic E-state index is 0.0738. The topological polar surface area (TPSA) is 79.8 Å². The van der Waals surface area contributed by atoms with Crippen molar-refractivity contribution in [3.8, 4) is 17.8 Å². The van der Waals surface area contributed by atoms with Crippen molar-refractivity contribution in [3.63, 3.8) is 0 Å². The lowest BCUT2D eigenvalue weighted by Crippen LogP contribution is -2.52. The van der Waals surface area contributed by atoms with Crippen molar-refractivity contribution in [1.82, 2.24) is 24.4 Å². The van der Waals surface area contributed by atoms with Crippen LogP contribution in [0.2, 0.25) is 0 Å². The van der Waals surface area contributed by atoms with Gasteiger partial charge in [-0.05, 0) is 38.0 Å². The van der Waals surface area contributed by atoms with Crippen molar-refractivity contribution in [2.45, 2.75) is 50.3 Å². The maximum atomic E-state index is 12.9. The fraction of sp³-hybridized carbons (Fsp3) is 0.562. The van der Waals surface area contributed by atoms with E-state index in [9.17, 15) is 4.79 Å². The van der Waals surface area contributed by atoms with Gasteiger partial charge in [0, 0.05) is 102 Å². The lowest BCUT2D eigenvalue weighted by Gasteiger charge is -2.43. The highest BCUT2D eigenvalue weighted by Gasteiger charge is 2.43. The maximum absolute atomic E-state index is 12.9. The second-order valence-electron chi connectivity index (χ2n) is 12.0. The summed E-state index contributed by atoms with van der Waals surface area (Å²) < 4.78 is 13.4. The molecule has 3 aliphatic rings. The Morgan fingerprint density at radius 1 is 1.12 bits per heavy atom. The van der Waals surface area contributed by atoms with Crippen molar-refractivity contribution < 1.29 is 14.3 Å². The van der Waals surface area contributed by atoms with E-state index in [1.807, 2.05) is 35.1 Å². The number of ether oxygens (including phenoxy) is 2. The van der Waals surface area contributed by atoms with Gasteiger partial charge in [-0.15, -0.1) is 0 Å². The van der Waals surface area contributed by atoms with E-state index < -0.39 is 0 Å². The van der Waals surface area contributed by atoms with Crippen molar-refractivity contribution in [2.75, 3.05) is 65.0 Å². The molecule has 3 aromatic heterocycles. The third kappa shape index (κ3) is 5.37. The van der Waals surface area contributed by atoms with Gasteiger partial charge in [-0.1, -0.05) is 10.9 Å². The molecule has 1 amide bonds. The average Bonchev–Trinajstić information content (AvgIpc) is 3.46. The van der Waals surface area contributed by atoms with Gasteiger partial charge in [0.25, 0.3) is 12.6 Å². The van der Waals surface area contributed by atoms with E-state index in [4.69, 9.17) is 21.0 Å². The lowest BCUT2D eigenvalue weighted by molar-refractivity contribution is -0.138. The first-order chi connectivity index (χ1) is 20.4. The van der Waals surface area contributed by atoms with Crippen LogP contribution in [0.5, 0.6) is 0 Å². The number of pyridine rings is 1. The van der Waals surface area contributed by atoms with Crippen LogP contribution in [0, 0.1) is 12.5 Å². The Morgan fingerprint density at radius 3 is 2.52 bits per heavy atom. The van der Waals surface area contributed by atoms with Crippen molar-refractivity contribution >= 4 is 17.1 Å². The van der Waals surface area contributed by atoms with E-state index in [1.54, 1.807) is 7.11 Å². The Kier molecular flexibility index (Phi) is 8.17. The van der Waals surface area contributed by atoms with Crippen molar-refractivity contribution in [2.24, 2.45) is 5.92 Å². The van der Waals surface area contributed by atoms with Gasteiger partial charge in [0.15, 0.2) is 0 Å². The molecule has 0 N–H and O–H groups in total. The highest BCUT2D eigenvalue weighted by Crippen LogP contribution is 2.38. The molecule has 5 heterocycles. The van der Waals surface area contributed by atoms with Gasteiger partial charge in [0.1, 0.15) is 0 Å². The number of amides is 1. The van der Waals surface area contributed by atoms with Crippen molar-refractivity contribution in [3.05, 3.63) is 53.3 Å². The van der Waals surface area contributed by atoms with E-state index in [0.29, 0.717) is 6.04 Å².